The largest absolute Gasteiger partial charge is 0.373 e. The summed E-state index contributed by atoms with van der Waals surface area (Å²) in [5.74, 6) is 1.40. The summed E-state index contributed by atoms with van der Waals surface area (Å²) in [4.78, 5) is 4.28. The van der Waals surface area contributed by atoms with Crippen molar-refractivity contribution in [1.82, 2.24) is 15.2 Å². The zero-order valence-electron chi connectivity index (χ0n) is 8.95. The lowest BCUT2D eigenvalue weighted by Gasteiger charge is -2.09. The molecule has 1 rings (SSSR count). The van der Waals surface area contributed by atoms with Crippen molar-refractivity contribution in [2.24, 2.45) is 5.73 Å². The number of aromatic nitrogens is 3. The van der Waals surface area contributed by atoms with Gasteiger partial charge in [-0.3, -0.25) is 5.10 Å². The summed E-state index contributed by atoms with van der Waals surface area (Å²) >= 11 is 0. The summed E-state index contributed by atoms with van der Waals surface area (Å²) in [7, 11) is 1.67. The SMILES string of the molecule is CCCC(OC)c1nc(C(C)N)n[nH]1. The highest BCUT2D eigenvalue weighted by Gasteiger charge is 2.15. The van der Waals surface area contributed by atoms with E-state index in [1.54, 1.807) is 7.11 Å². The fraction of sp³-hybridized carbons (Fsp3) is 0.778. The Bertz CT molecular complexity index is 272. The van der Waals surface area contributed by atoms with Gasteiger partial charge < -0.3 is 10.5 Å². The fourth-order valence-electron chi connectivity index (χ4n) is 1.26. The molecule has 0 aliphatic heterocycles. The number of rotatable bonds is 5. The first-order valence-electron chi connectivity index (χ1n) is 4.89. The van der Waals surface area contributed by atoms with E-state index in [1.807, 2.05) is 6.92 Å². The van der Waals surface area contributed by atoms with E-state index in [9.17, 15) is 0 Å². The van der Waals surface area contributed by atoms with Crippen LogP contribution in [-0.2, 0) is 4.74 Å². The molecule has 14 heavy (non-hydrogen) atoms. The van der Waals surface area contributed by atoms with Crippen LogP contribution in [0, 0.1) is 0 Å². The third-order valence-corrected chi connectivity index (χ3v) is 2.07. The van der Waals surface area contributed by atoms with Gasteiger partial charge in [-0.05, 0) is 13.3 Å². The van der Waals surface area contributed by atoms with Crippen LogP contribution in [0.2, 0.25) is 0 Å². The maximum atomic E-state index is 5.66. The number of ether oxygens (including phenoxy) is 1. The maximum Gasteiger partial charge on any atom is 0.167 e. The van der Waals surface area contributed by atoms with E-state index in [-0.39, 0.29) is 12.1 Å². The number of hydrogen-bond donors (Lipinski definition) is 2. The lowest BCUT2D eigenvalue weighted by molar-refractivity contribution is 0.0878. The second-order valence-corrected chi connectivity index (χ2v) is 3.38. The van der Waals surface area contributed by atoms with Gasteiger partial charge in [-0.1, -0.05) is 13.3 Å². The number of nitrogens with two attached hydrogens (primary N) is 1. The average molecular weight is 198 g/mol. The Kier molecular flexibility index (Phi) is 4.03. The van der Waals surface area contributed by atoms with E-state index >= 15 is 0 Å². The third kappa shape index (κ3) is 2.52. The molecule has 0 bridgehead atoms. The predicted octanol–water partition coefficient (Wildman–Crippen LogP) is 1.31. The molecule has 5 nitrogen and oxygen atoms in total. The Hall–Kier alpha value is -0.940. The number of nitrogens with one attached hydrogen (secondary N) is 1. The van der Waals surface area contributed by atoms with Crippen LogP contribution in [0.15, 0.2) is 0 Å². The van der Waals surface area contributed by atoms with Crippen LogP contribution in [0.25, 0.3) is 0 Å². The zero-order chi connectivity index (χ0) is 10.6. The topological polar surface area (TPSA) is 76.8 Å². The van der Waals surface area contributed by atoms with E-state index in [4.69, 9.17) is 10.5 Å². The third-order valence-electron chi connectivity index (χ3n) is 2.07. The second kappa shape index (κ2) is 5.07. The Morgan fingerprint density at radius 3 is 2.71 bits per heavy atom. The molecule has 2 atom stereocenters. The van der Waals surface area contributed by atoms with Crippen molar-refractivity contribution in [3.05, 3.63) is 11.6 Å². The molecule has 0 amide bonds. The summed E-state index contributed by atoms with van der Waals surface area (Å²) in [6.45, 7) is 3.96. The van der Waals surface area contributed by atoms with Crippen molar-refractivity contribution in [1.29, 1.82) is 0 Å². The van der Waals surface area contributed by atoms with Gasteiger partial charge in [-0.15, -0.1) is 0 Å². The van der Waals surface area contributed by atoms with Crippen molar-refractivity contribution in [3.63, 3.8) is 0 Å². The molecule has 80 valence electrons. The quantitative estimate of drug-likeness (QED) is 0.748. The first-order valence-corrected chi connectivity index (χ1v) is 4.89. The van der Waals surface area contributed by atoms with Crippen molar-refractivity contribution in [2.75, 3.05) is 7.11 Å². The lowest BCUT2D eigenvalue weighted by atomic mass is 10.2. The molecule has 0 radical (unpaired) electrons. The summed E-state index contributed by atoms with van der Waals surface area (Å²) in [6.07, 6.45) is 1.98. The Morgan fingerprint density at radius 1 is 1.57 bits per heavy atom. The molecule has 0 aliphatic rings. The first-order chi connectivity index (χ1) is 6.69. The molecule has 1 aromatic rings. The monoisotopic (exact) mass is 198 g/mol. The van der Waals surface area contributed by atoms with E-state index in [2.05, 4.69) is 22.1 Å². The standard InChI is InChI=1S/C9H18N4O/c1-4-5-7(14-3)9-11-8(6(2)10)12-13-9/h6-7H,4-5,10H2,1-3H3,(H,11,12,13). The van der Waals surface area contributed by atoms with Gasteiger partial charge in [0.15, 0.2) is 11.6 Å². The van der Waals surface area contributed by atoms with E-state index < -0.39 is 0 Å². The number of aromatic amines is 1. The highest BCUT2D eigenvalue weighted by Crippen LogP contribution is 2.18. The molecule has 2 unspecified atom stereocenters. The molecule has 1 aromatic heterocycles. The Morgan fingerprint density at radius 2 is 2.29 bits per heavy atom. The molecular formula is C9H18N4O. The van der Waals surface area contributed by atoms with Crippen molar-refractivity contribution in [3.8, 4) is 0 Å². The van der Waals surface area contributed by atoms with Gasteiger partial charge in [0.1, 0.15) is 6.10 Å². The molecule has 0 fully saturated rings. The molecule has 0 aliphatic carbocycles. The minimum absolute atomic E-state index is 0.000000000000000666. The second-order valence-electron chi connectivity index (χ2n) is 3.38. The smallest absolute Gasteiger partial charge is 0.167 e. The number of H-pyrrole nitrogens is 1. The molecule has 3 N–H and O–H groups in total. The van der Waals surface area contributed by atoms with Gasteiger partial charge >= 0.3 is 0 Å². The maximum absolute atomic E-state index is 5.66. The van der Waals surface area contributed by atoms with Crippen LogP contribution in [-0.4, -0.2) is 22.3 Å². The van der Waals surface area contributed by atoms with Crippen molar-refractivity contribution in [2.45, 2.75) is 38.8 Å². The van der Waals surface area contributed by atoms with E-state index in [0.29, 0.717) is 5.82 Å². The van der Waals surface area contributed by atoms with Crippen molar-refractivity contribution >= 4 is 0 Å². The molecule has 0 aromatic carbocycles. The summed E-state index contributed by atoms with van der Waals surface area (Å²) in [5, 5.41) is 6.88. The fourth-order valence-corrected chi connectivity index (χ4v) is 1.26. The van der Waals surface area contributed by atoms with E-state index in [1.165, 1.54) is 0 Å². The highest BCUT2D eigenvalue weighted by molar-refractivity contribution is 4.97. The molecule has 5 heteroatoms. The molecule has 0 saturated carbocycles. The molecule has 0 saturated heterocycles. The molecule has 0 spiro atoms. The Balaban J connectivity index is 2.73. The summed E-state index contributed by atoms with van der Waals surface area (Å²) < 4.78 is 5.30. The normalized spacial score (nSPS) is 15.4. The van der Waals surface area contributed by atoms with Crippen LogP contribution in [0.3, 0.4) is 0 Å². The summed E-state index contributed by atoms with van der Waals surface area (Å²) in [6, 6.07) is -0.140. The van der Waals surface area contributed by atoms with Crippen LogP contribution >= 0.6 is 0 Å². The minimum atomic E-state index is -0.140. The molecule has 1 heterocycles. The van der Waals surface area contributed by atoms with Gasteiger partial charge in [0, 0.05) is 7.11 Å². The van der Waals surface area contributed by atoms with E-state index in [0.717, 1.165) is 18.7 Å². The van der Waals surface area contributed by atoms with Gasteiger partial charge in [0.05, 0.1) is 6.04 Å². The lowest BCUT2D eigenvalue weighted by Crippen LogP contribution is -2.08. The Labute approximate surface area is 84.1 Å². The zero-order valence-corrected chi connectivity index (χ0v) is 8.95. The average Bonchev–Trinajstić information content (AvgIpc) is 2.63. The van der Waals surface area contributed by atoms with Gasteiger partial charge in [-0.2, -0.15) is 5.10 Å². The number of hydrogen-bond acceptors (Lipinski definition) is 4. The summed E-state index contributed by atoms with van der Waals surface area (Å²) in [5.41, 5.74) is 5.66. The van der Waals surface area contributed by atoms with Gasteiger partial charge in [0.2, 0.25) is 0 Å². The van der Waals surface area contributed by atoms with Crippen LogP contribution in [0.5, 0.6) is 0 Å². The highest BCUT2D eigenvalue weighted by atomic mass is 16.5. The number of methoxy groups -OCH3 is 1. The van der Waals surface area contributed by atoms with Gasteiger partial charge in [0.25, 0.3) is 0 Å². The first kappa shape index (κ1) is 11.1. The predicted molar refractivity (Wildman–Crippen MR) is 53.6 cm³/mol. The van der Waals surface area contributed by atoms with Crippen molar-refractivity contribution < 1.29 is 4.74 Å². The van der Waals surface area contributed by atoms with Crippen LogP contribution in [0.4, 0.5) is 0 Å². The van der Waals surface area contributed by atoms with Crippen LogP contribution < -0.4 is 5.73 Å². The number of nitrogens with zero attached hydrogens (tertiary/aromatic N) is 2. The minimum Gasteiger partial charge on any atom is -0.373 e. The molecular weight excluding hydrogens is 180 g/mol. The van der Waals surface area contributed by atoms with Gasteiger partial charge in [-0.25, -0.2) is 4.98 Å². The van der Waals surface area contributed by atoms with Crippen LogP contribution in [0.1, 0.15) is 50.5 Å².